The Morgan fingerprint density at radius 3 is 2.36 bits per heavy atom. The van der Waals surface area contributed by atoms with Crippen LogP contribution >= 0.6 is 35.7 Å². The Morgan fingerprint density at radius 2 is 1.82 bits per heavy atom. The molecule has 0 aliphatic carbocycles. The molecule has 2 N–H and O–H groups in total. The number of unbranched alkanes of at least 4 members (excludes halogenated alkanes) is 1. The normalized spacial score (nSPS) is 10.8. The molecular weight excluding hydrogens is 411 g/mol. The maximum absolute atomic E-state index is 11.9. The van der Waals surface area contributed by atoms with Crippen LogP contribution in [-0.2, 0) is 4.79 Å². The average Bonchev–Trinajstić information content (AvgIpc) is 2.48. The number of nitrogens with one attached hydrogen (secondary N) is 2. The molecule has 0 saturated heterocycles. The molecule has 1 amide bonds. The second kappa shape index (κ2) is 17.2. The number of halogens is 1. The zero-order valence-electron chi connectivity index (χ0n) is 14.5. The molecule has 132 valence electrons. The van der Waals surface area contributed by atoms with Crippen molar-refractivity contribution < 1.29 is 4.79 Å². The summed E-state index contributed by atoms with van der Waals surface area (Å²) in [5.41, 5.74) is 0. The number of rotatable bonds is 11. The van der Waals surface area contributed by atoms with Gasteiger partial charge < -0.3 is 15.5 Å². The molecule has 0 fully saturated rings. The Morgan fingerprint density at radius 1 is 1.14 bits per heavy atom. The van der Waals surface area contributed by atoms with Crippen molar-refractivity contribution in [1.29, 1.82) is 0 Å². The molecule has 0 aliphatic heterocycles. The summed E-state index contributed by atoms with van der Waals surface area (Å²) < 4.78 is 0. The highest BCUT2D eigenvalue weighted by atomic mass is 127. The minimum atomic E-state index is 0. The molecule has 0 saturated carbocycles. The summed E-state index contributed by atoms with van der Waals surface area (Å²) in [6.45, 7) is 9.92. The fourth-order valence-electron chi connectivity index (χ4n) is 1.91. The van der Waals surface area contributed by atoms with Crippen molar-refractivity contribution in [2.24, 2.45) is 4.99 Å². The highest BCUT2D eigenvalue weighted by Gasteiger charge is 2.08. The minimum absolute atomic E-state index is 0. The van der Waals surface area contributed by atoms with Crippen LogP contribution < -0.4 is 10.6 Å². The maximum Gasteiger partial charge on any atom is 0.224 e. The van der Waals surface area contributed by atoms with Gasteiger partial charge in [0, 0.05) is 39.1 Å². The van der Waals surface area contributed by atoms with Gasteiger partial charge in [-0.2, -0.15) is 11.8 Å². The lowest BCUT2D eigenvalue weighted by Gasteiger charge is -2.19. The molecule has 5 nitrogen and oxygen atoms in total. The molecule has 7 heteroatoms. The van der Waals surface area contributed by atoms with E-state index in [0.717, 1.165) is 38.6 Å². The molecule has 0 aromatic carbocycles. The van der Waals surface area contributed by atoms with Gasteiger partial charge in [0.25, 0.3) is 0 Å². The third-order valence-corrected chi connectivity index (χ3v) is 3.82. The van der Waals surface area contributed by atoms with E-state index in [1.54, 1.807) is 0 Å². The third kappa shape index (κ3) is 12.4. The van der Waals surface area contributed by atoms with E-state index in [-0.39, 0.29) is 29.9 Å². The SMILES string of the molecule is CCNC(=NCCCCSC)NCCC(=O)N(CC)CC.I. The van der Waals surface area contributed by atoms with Crippen molar-refractivity contribution in [2.75, 3.05) is 44.7 Å². The van der Waals surface area contributed by atoms with Gasteiger partial charge in [-0.25, -0.2) is 0 Å². The van der Waals surface area contributed by atoms with Gasteiger partial charge in [0.05, 0.1) is 0 Å². The van der Waals surface area contributed by atoms with E-state index in [0.29, 0.717) is 13.0 Å². The number of amides is 1. The molecule has 0 spiro atoms. The summed E-state index contributed by atoms with van der Waals surface area (Å²) in [4.78, 5) is 18.3. The van der Waals surface area contributed by atoms with Gasteiger partial charge in [-0.1, -0.05) is 0 Å². The largest absolute Gasteiger partial charge is 0.357 e. The van der Waals surface area contributed by atoms with E-state index >= 15 is 0 Å². The topological polar surface area (TPSA) is 56.7 Å². The van der Waals surface area contributed by atoms with E-state index < -0.39 is 0 Å². The highest BCUT2D eigenvalue weighted by Crippen LogP contribution is 1.99. The summed E-state index contributed by atoms with van der Waals surface area (Å²) in [6.07, 6.45) is 4.95. The minimum Gasteiger partial charge on any atom is -0.357 e. The molecule has 0 atom stereocenters. The number of hydrogen-bond donors (Lipinski definition) is 2. The zero-order chi connectivity index (χ0) is 15.9. The van der Waals surface area contributed by atoms with Gasteiger partial charge in [0.15, 0.2) is 5.96 Å². The van der Waals surface area contributed by atoms with Crippen LogP contribution in [0.3, 0.4) is 0 Å². The molecule has 0 bridgehead atoms. The average molecular weight is 444 g/mol. The van der Waals surface area contributed by atoms with Crippen molar-refractivity contribution in [3.63, 3.8) is 0 Å². The van der Waals surface area contributed by atoms with Crippen LogP contribution in [0.4, 0.5) is 0 Å². The summed E-state index contributed by atoms with van der Waals surface area (Å²) in [5, 5.41) is 6.44. The first-order valence-corrected chi connectivity index (χ1v) is 9.37. The summed E-state index contributed by atoms with van der Waals surface area (Å²) >= 11 is 1.87. The third-order valence-electron chi connectivity index (χ3n) is 3.12. The smallest absolute Gasteiger partial charge is 0.224 e. The van der Waals surface area contributed by atoms with E-state index in [4.69, 9.17) is 0 Å². The fraction of sp³-hybridized carbons (Fsp3) is 0.867. The summed E-state index contributed by atoms with van der Waals surface area (Å²) in [7, 11) is 0. The van der Waals surface area contributed by atoms with E-state index in [1.807, 2.05) is 37.4 Å². The second-order valence-corrected chi connectivity index (χ2v) is 5.69. The first-order chi connectivity index (χ1) is 10.2. The lowest BCUT2D eigenvalue weighted by atomic mass is 10.3. The number of guanidine groups is 1. The zero-order valence-corrected chi connectivity index (χ0v) is 17.6. The Balaban J connectivity index is 0. The van der Waals surface area contributed by atoms with Gasteiger partial charge in [0.1, 0.15) is 0 Å². The molecule has 0 unspecified atom stereocenters. The molecule has 0 aliphatic rings. The van der Waals surface area contributed by atoms with Crippen LogP contribution in [0, 0.1) is 0 Å². The van der Waals surface area contributed by atoms with Gasteiger partial charge in [-0.15, -0.1) is 24.0 Å². The molecule has 0 radical (unpaired) electrons. The van der Waals surface area contributed by atoms with E-state index in [9.17, 15) is 4.79 Å². The van der Waals surface area contributed by atoms with Gasteiger partial charge in [0.2, 0.25) is 5.91 Å². The predicted molar refractivity (Wildman–Crippen MR) is 110 cm³/mol. The van der Waals surface area contributed by atoms with Crippen LogP contribution in [0.2, 0.25) is 0 Å². The maximum atomic E-state index is 11.9. The monoisotopic (exact) mass is 444 g/mol. The van der Waals surface area contributed by atoms with Gasteiger partial charge >= 0.3 is 0 Å². The van der Waals surface area contributed by atoms with Crippen LogP contribution in [0.25, 0.3) is 0 Å². The Bertz CT molecular complexity index is 299. The molecule has 0 heterocycles. The Hall–Kier alpha value is -0.180. The molecule has 0 aromatic rings. The highest BCUT2D eigenvalue weighted by molar-refractivity contribution is 14.0. The number of thioether (sulfide) groups is 1. The lowest BCUT2D eigenvalue weighted by molar-refractivity contribution is -0.130. The predicted octanol–water partition coefficient (Wildman–Crippen LogP) is 2.56. The number of carbonyl (C=O) groups excluding carboxylic acids is 1. The van der Waals surface area contributed by atoms with Crippen LogP contribution in [-0.4, -0.2) is 61.5 Å². The fourth-order valence-corrected chi connectivity index (χ4v) is 2.41. The molecular formula is C15H33IN4OS. The van der Waals surface area contributed by atoms with Crippen LogP contribution in [0.15, 0.2) is 4.99 Å². The van der Waals surface area contributed by atoms with Crippen molar-refractivity contribution in [2.45, 2.75) is 40.0 Å². The Kier molecular flexibility index (Phi) is 18.8. The second-order valence-electron chi connectivity index (χ2n) is 4.70. The van der Waals surface area contributed by atoms with Crippen LogP contribution in [0.5, 0.6) is 0 Å². The molecule has 0 aromatic heterocycles. The number of nitrogens with zero attached hydrogens (tertiary/aromatic N) is 2. The standard InChI is InChI=1S/C15H32N4OS.HI/c1-5-16-15(17-11-8-9-13-21-4)18-12-10-14(20)19(6-2)7-3;/h5-13H2,1-4H3,(H2,16,17,18);1H. The van der Waals surface area contributed by atoms with E-state index in [1.165, 1.54) is 12.2 Å². The summed E-state index contributed by atoms with van der Waals surface area (Å²) in [6, 6.07) is 0. The first-order valence-electron chi connectivity index (χ1n) is 7.98. The summed E-state index contributed by atoms with van der Waals surface area (Å²) in [5.74, 6) is 2.20. The number of hydrogen-bond acceptors (Lipinski definition) is 3. The van der Waals surface area contributed by atoms with Gasteiger partial charge in [-0.05, 0) is 45.6 Å². The number of carbonyl (C=O) groups is 1. The van der Waals surface area contributed by atoms with Crippen molar-refractivity contribution >= 4 is 47.6 Å². The van der Waals surface area contributed by atoms with Crippen molar-refractivity contribution in [3.05, 3.63) is 0 Å². The Labute approximate surface area is 157 Å². The quantitative estimate of drug-likeness (QED) is 0.223. The molecule has 22 heavy (non-hydrogen) atoms. The van der Waals surface area contributed by atoms with Crippen LogP contribution in [0.1, 0.15) is 40.0 Å². The first kappa shape index (κ1) is 24.1. The van der Waals surface area contributed by atoms with Crippen molar-refractivity contribution in [1.82, 2.24) is 15.5 Å². The lowest BCUT2D eigenvalue weighted by Crippen LogP contribution is -2.40. The number of aliphatic imine (C=N–C) groups is 1. The molecule has 0 rings (SSSR count). The van der Waals surface area contributed by atoms with Gasteiger partial charge in [-0.3, -0.25) is 9.79 Å². The van der Waals surface area contributed by atoms with Crippen molar-refractivity contribution in [3.8, 4) is 0 Å². The van der Waals surface area contributed by atoms with E-state index in [2.05, 4.69) is 21.9 Å².